The van der Waals surface area contributed by atoms with Gasteiger partial charge in [0.25, 0.3) is 11.8 Å². The molecule has 0 aliphatic carbocycles. The topological polar surface area (TPSA) is 95.6 Å². The highest BCUT2D eigenvalue weighted by Crippen LogP contribution is 2.40. The van der Waals surface area contributed by atoms with Gasteiger partial charge < -0.3 is 10.2 Å². The van der Waals surface area contributed by atoms with Crippen molar-refractivity contribution in [3.8, 4) is 0 Å². The normalized spacial score (nSPS) is 21.4. The fraction of sp³-hybridized carbons (Fsp3) is 0.273. The van der Waals surface area contributed by atoms with Gasteiger partial charge in [0.1, 0.15) is 7.85 Å². The zero-order valence-electron chi connectivity index (χ0n) is 19.1. The standard InChI is InChI=1S/C22H13B5ClF2N3O4/c23-19(24)9-20(25,17(36)31-16(19)35)33-8-10-7-12(3-6-14(10)15(33)34)22(26,27)32-18(37)21(29,30)11-1-4-13(28)5-2-11/h1-7H,8-9H2,(H,32,37)(H,31,35,36)/t20-/m1/s1. The molecule has 2 aliphatic rings. The van der Waals surface area contributed by atoms with Gasteiger partial charge in [-0.15, -0.1) is 0 Å². The number of nitrogens with one attached hydrogen (secondary N) is 2. The lowest BCUT2D eigenvalue weighted by atomic mass is 9.45. The predicted octanol–water partition coefficient (Wildman–Crippen LogP) is 0.0158. The number of alkyl halides is 2. The Morgan fingerprint density at radius 1 is 1.00 bits per heavy atom. The van der Waals surface area contributed by atoms with Crippen LogP contribution in [0.3, 0.4) is 0 Å². The summed E-state index contributed by atoms with van der Waals surface area (Å²) in [6, 6.07) is 8.23. The molecule has 1 atom stereocenters. The maximum atomic E-state index is 14.7. The molecule has 10 radical (unpaired) electrons. The molecule has 2 heterocycles. The molecule has 2 aromatic carbocycles. The molecule has 0 bridgehead atoms. The molecule has 7 nitrogen and oxygen atoms in total. The van der Waals surface area contributed by atoms with E-state index in [4.69, 9.17) is 50.8 Å². The Balaban J connectivity index is 1.58. The molecule has 1 fully saturated rings. The van der Waals surface area contributed by atoms with Gasteiger partial charge in [-0.2, -0.15) is 8.78 Å². The van der Waals surface area contributed by atoms with Crippen molar-refractivity contribution in [3.05, 3.63) is 69.7 Å². The van der Waals surface area contributed by atoms with Crippen LogP contribution in [0.15, 0.2) is 42.5 Å². The van der Waals surface area contributed by atoms with Crippen LogP contribution in [0.4, 0.5) is 8.78 Å². The maximum absolute atomic E-state index is 14.7. The van der Waals surface area contributed by atoms with Crippen LogP contribution in [-0.4, -0.2) is 73.2 Å². The van der Waals surface area contributed by atoms with E-state index >= 15 is 0 Å². The maximum Gasteiger partial charge on any atom is 0.349 e. The Labute approximate surface area is 222 Å². The average Bonchev–Trinajstić information content (AvgIpc) is 3.14. The van der Waals surface area contributed by atoms with Crippen LogP contribution in [-0.2, 0) is 32.2 Å². The molecule has 4 rings (SSSR count). The second-order valence-corrected chi connectivity index (χ2v) is 9.53. The number of carbonyl (C=O) groups is 4. The molecule has 0 unspecified atom stereocenters. The molecule has 0 aromatic heterocycles. The van der Waals surface area contributed by atoms with Crippen molar-refractivity contribution in [2.45, 2.75) is 34.9 Å². The van der Waals surface area contributed by atoms with Crippen LogP contribution in [0.1, 0.15) is 33.5 Å². The molecule has 2 aliphatic heterocycles. The van der Waals surface area contributed by atoms with Crippen molar-refractivity contribution in [1.29, 1.82) is 0 Å². The van der Waals surface area contributed by atoms with Gasteiger partial charge in [-0.05, 0) is 46.3 Å². The summed E-state index contributed by atoms with van der Waals surface area (Å²) >= 11 is 5.71. The zero-order chi connectivity index (χ0) is 27.6. The summed E-state index contributed by atoms with van der Waals surface area (Å²) in [6.07, 6.45) is -0.565. The van der Waals surface area contributed by atoms with Crippen LogP contribution >= 0.6 is 11.6 Å². The number of amides is 4. The van der Waals surface area contributed by atoms with Gasteiger partial charge in [-0.3, -0.25) is 24.5 Å². The predicted molar refractivity (Wildman–Crippen MR) is 133 cm³/mol. The summed E-state index contributed by atoms with van der Waals surface area (Å²) in [5, 5.41) is -0.231. The highest BCUT2D eigenvalue weighted by molar-refractivity contribution is 6.53. The van der Waals surface area contributed by atoms with Gasteiger partial charge in [0.05, 0.1) is 36.8 Å². The van der Waals surface area contributed by atoms with E-state index in [1.165, 1.54) is 30.3 Å². The van der Waals surface area contributed by atoms with E-state index in [0.717, 1.165) is 17.0 Å². The molecule has 1 saturated heterocycles. The van der Waals surface area contributed by atoms with E-state index < -0.39 is 57.5 Å². The van der Waals surface area contributed by atoms with Crippen molar-refractivity contribution in [3.63, 3.8) is 0 Å². The summed E-state index contributed by atoms with van der Waals surface area (Å²) in [5.74, 6) is -8.37. The van der Waals surface area contributed by atoms with Crippen molar-refractivity contribution in [2.75, 3.05) is 0 Å². The number of nitrogens with zero attached hydrogens (tertiary/aromatic N) is 1. The molecule has 176 valence electrons. The minimum Gasteiger partial charge on any atom is -0.358 e. The molecule has 2 aromatic rings. The third-order valence-corrected chi connectivity index (χ3v) is 6.54. The first kappa shape index (κ1) is 27.0. The number of rotatable bonds is 5. The SMILES string of the molecule is [B]C1([B])C[C@@]([B])(N2Cc3cc(C([B])([B])NC(=O)C(F)(F)c4ccc(Cl)cc4)ccc3C2=O)C(=O)NC1=O. The molecule has 15 heteroatoms. The van der Waals surface area contributed by atoms with Gasteiger partial charge in [0.15, 0.2) is 0 Å². The fourth-order valence-corrected chi connectivity index (χ4v) is 4.31. The fourth-order valence-electron chi connectivity index (χ4n) is 4.18. The monoisotopic (exact) mass is 511 g/mol. The average molecular weight is 511 g/mol. The Morgan fingerprint density at radius 3 is 2.22 bits per heavy atom. The summed E-state index contributed by atoms with van der Waals surface area (Å²) in [7, 11) is 29.6. The van der Waals surface area contributed by atoms with E-state index in [9.17, 15) is 28.0 Å². The smallest absolute Gasteiger partial charge is 0.349 e. The van der Waals surface area contributed by atoms with Crippen molar-refractivity contribution in [1.82, 2.24) is 15.5 Å². The van der Waals surface area contributed by atoms with Crippen LogP contribution in [0, 0.1) is 0 Å². The first-order valence-corrected chi connectivity index (χ1v) is 11.1. The summed E-state index contributed by atoms with van der Waals surface area (Å²) < 4.78 is 29.4. The van der Waals surface area contributed by atoms with Crippen molar-refractivity contribution in [2.24, 2.45) is 0 Å². The molecule has 4 amide bonds. The van der Waals surface area contributed by atoms with Gasteiger partial charge >= 0.3 is 5.92 Å². The highest BCUT2D eigenvalue weighted by Gasteiger charge is 2.53. The van der Waals surface area contributed by atoms with E-state index in [2.05, 4.69) is 0 Å². The lowest BCUT2D eigenvalue weighted by Gasteiger charge is -2.46. The van der Waals surface area contributed by atoms with Crippen molar-refractivity contribution < 1.29 is 28.0 Å². The summed E-state index contributed by atoms with van der Waals surface area (Å²) in [4.78, 5) is 50.9. The van der Waals surface area contributed by atoms with Gasteiger partial charge in [-0.1, -0.05) is 35.9 Å². The van der Waals surface area contributed by atoms with E-state index in [1.54, 1.807) is 0 Å². The van der Waals surface area contributed by atoms with E-state index in [1.807, 2.05) is 10.6 Å². The van der Waals surface area contributed by atoms with Crippen molar-refractivity contribution >= 4 is 74.5 Å². The van der Waals surface area contributed by atoms with Crippen LogP contribution in [0.25, 0.3) is 0 Å². The summed E-state index contributed by atoms with van der Waals surface area (Å²) in [5.41, 5.74) is -2.34. The van der Waals surface area contributed by atoms with E-state index in [-0.39, 0.29) is 28.3 Å². The summed E-state index contributed by atoms with van der Waals surface area (Å²) in [6.45, 7) is -0.249. The van der Waals surface area contributed by atoms with Crippen LogP contribution < -0.4 is 10.6 Å². The highest BCUT2D eigenvalue weighted by atomic mass is 35.5. The number of piperidine rings is 1. The number of imide groups is 1. The first-order valence-electron chi connectivity index (χ1n) is 10.7. The largest absolute Gasteiger partial charge is 0.358 e. The quantitative estimate of drug-likeness (QED) is 0.438. The van der Waals surface area contributed by atoms with Gasteiger partial charge in [0, 0.05) is 22.7 Å². The molecular weight excluding hydrogens is 498 g/mol. The number of hydrogen-bond donors (Lipinski definition) is 2. The second kappa shape index (κ2) is 8.79. The molecular formula is C22H13B5ClF2N3O4. The zero-order valence-corrected chi connectivity index (χ0v) is 19.8. The second-order valence-electron chi connectivity index (χ2n) is 9.09. The third-order valence-electron chi connectivity index (χ3n) is 6.29. The number of benzene rings is 2. The molecule has 2 N–H and O–H groups in total. The molecule has 37 heavy (non-hydrogen) atoms. The third kappa shape index (κ3) is 4.60. The first-order chi connectivity index (χ1) is 17.0. The van der Waals surface area contributed by atoms with E-state index in [0.29, 0.717) is 0 Å². The molecule has 0 saturated carbocycles. The number of fused-ring (bicyclic) bond motifs is 1. The minimum atomic E-state index is -3.99. The Hall–Kier alpha value is -3.01. The number of hydrogen-bond acceptors (Lipinski definition) is 4. The van der Waals surface area contributed by atoms with Gasteiger partial charge in [0.2, 0.25) is 11.8 Å². The Morgan fingerprint density at radius 2 is 1.59 bits per heavy atom. The van der Waals surface area contributed by atoms with Crippen LogP contribution in [0.2, 0.25) is 10.2 Å². The van der Waals surface area contributed by atoms with Gasteiger partial charge in [-0.25, -0.2) is 0 Å². The molecule has 0 spiro atoms. The Bertz CT molecular complexity index is 1340. The number of carbonyl (C=O) groups excluding carboxylic acids is 4. The van der Waals surface area contributed by atoms with Crippen LogP contribution in [0.5, 0.6) is 0 Å². The minimum absolute atomic E-state index is 0.0255. The Kier molecular flexibility index (Phi) is 6.42. The lowest BCUT2D eigenvalue weighted by molar-refractivity contribution is -0.147. The number of halogens is 3. The lowest BCUT2D eigenvalue weighted by Crippen LogP contribution is -2.67.